The van der Waals surface area contributed by atoms with E-state index in [0.717, 1.165) is 11.3 Å². The predicted octanol–water partition coefficient (Wildman–Crippen LogP) is 1.06. The number of nitrogens with zero attached hydrogens (tertiary/aromatic N) is 2. The van der Waals surface area contributed by atoms with E-state index in [0.29, 0.717) is 5.01 Å². The molecule has 0 saturated heterocycles. The highest BCUT2D eigenvalue weighted by atomic mass is 32.1. The Morgan fingerprint density at radius 3 is 3.08 bits per heavy atom. The Morgan fingerprint density at radius 1 is 1.83 bits per heavy atom. The van der Waals surface area contributed by atoms with Crippen molar-refractivity contribution >= 4 is 22.4 Å². The van der Waals surface area contributed by atoms with Crippen LogP contribution in [0.4, 0.5) is 5.00 Å². The third kappa shape index (κ3) is 2.11. The number of nitro groups is 1. The molecule has 0 radical (unpaired) electrons. The number of aliphatic hydroxyl groups is 1. The lowest BCUT2D eigenvalue weighted by molar-refractivity contribution is -0.380. The standard InChI is InChI=1S/C6H6N2O3S/c9-3-1-2-5-7-4-6(12-5)8(10)11/h1-2,4,9H,3H2. The van der Waals surface area contributed by atoms with Crippen molar-refractivity contribution in [2.45, 2.75) is 0 Å². The molecule has 0 saturated carbocycles. The summed E-state index contributed by atoms with van der Waals surface area (Å²) in [7, 11) is 0. The Hall–Kier alpha value is -1.27. The Balaban J connectivity index is 2.77. The predicted molar refractivity (Wildman–Crippen MR) is 44.9 cm³/mol. The molecule has 0 fully saturated rings. The first-order chi connectivity index (χ1) is 5.74. The maximum absolute atomic E-state index is 10.2. The van der Waals surface area contributed by atoms with Crippen LogP contribution in [0, 0.1) is 10.1 Å². The molecule has 0 unspecified atom stereocenters. The molecule has 0 atom stereocenters. The summed E-state index contributed by atoms with van der Waals surface area (Å²) in [5.74, 6) is 0. The zero-order valence-corrected chi connectivity index (χ0v) is 6.82. The van der Waals surface area contributed by atoms with E-state index < -0.39 is 4.92 Å². The van der Waals surface area contributed by atoms with Gasteiger partial charge in [-0.05, 0) is 17.4 Å². The highest BCUT2D eigenvalue weighted by Crippen LogP contribution is 2.21. The van der Waals surface area contributed by atoms with Gasteiger partial charge in [0.05, 0.1) is 11.5 Å². The molecule has 6 heteroatoms. The zero-order chi connectivity index (χ0) is 8.97. The molecule has 0 bridgehead atoms. The summed E-state index contributed by atoms with van der Waals surface area (Å²) in [6.07, 6.45) is 4.21. The zero-order valence-electron chi connectivity index (χ0n) is 6.01. The second kappa shape index (κ2) is 3.93. The van der Waals surface area contributed by atoms with Gasteiger partial charge in [0.15, 0.2) is 0 Å². The lowest BCUT2D eigenvalue weighted by Crippen LogP contribution is -1.80. The second-order valence-corrected chi connectivity index (χ2v) is 2.92. The van der Waals surface area contributed by atoms with Gasteiger partial charge in [-0.1, -0.05) is 6.08 Å². The van der Waals surface area contributed by atoms with Crippen LogP contribution in [-0.2, 0) is 0 Å². The summed E-state index contributed by atoms with van der Waals surface area (Å²) in [5.41, 5.74) is 0. The van der Waals surface area contributed by atoms with E-state index in [2.05, 4.69) is 4.98 Å². The van der Waals surface area contributed by atoms with Gasteiger partial charge in [-0.25, -0.2) is 4.98 Å². The minimum Gasteiger partial charge on any atom is -0.392 e. The molecule has 64 valence electrons. The van der Waals surface area contributed by atoms with E-state index in [1.165, 1.54) is 18.3 Å². The van der Waals surface area contributed by atoms with Gasteiger partial charge in [0.25, 0.3) is 0 Å². The van der Waals surface area contributed by atoms with Gasteiger partial charge in [-0.3, -0.25) is 10.1 Å². The van der Waals surface area contributed by atoms with Gasteiger partial charge < -0.3 is 5.11 Å². The van der Waals surface area contributed by atoms with E-state index in [9.17, 15) is 10.1 Å². The molecular formula is C6H6N2O3S. The van der Waals surface area contributed by atoms with Crippen molar-refractivity contribution in [3.63, 3.8) is 0 Å². The van der Waals surface area contributed by atoms with E-state index in [1.807, 2.05) is 0 Å². The van der Waals surface area contributed by atoms with Crippen molar-refractivity contribution in [2.75, 3.05) is 6.61 Å². The first kappa shape index (κ1) is 8.82. The average Bonchev–Trinajstić information content (AvgIpc) is 2.48. The first-order valence-electron chi connectivity index (χ1n) is 3.11. The van der Waals surface area contributed by atoms with Crippen LogP contribution in [-0.4, -0.2) is 21.6 Å². The minimum absolute atomic E-state index is 0.00703. The van der Waals surface area contributed by atoms with Gasteiger partial charge in [0, 0.05) is 0 Å². The highest BCUT2D eigenvalue weighted by Gasteiger charge is 2.08. The molecule has 0 aromatic carbocycles. The first-order valence-corrected chi connectivity index (χ1v) is 3.93. The normalized spacial score (nSPS) is 10.8. The minimum atomic E-state index is -0.492. The van der Waals surface area contributed by atoms with Crippen molar-refractivity contribution in [3.8, 4) is 0 Å². The fraction of sp³-hybridized carbons (Fsp3) is 0.167. The van der Waals surface area contributed by atoms with Crippen molar-refractivity contribution in [3.05, 3.63) is 27.4 Å². The number of hydrogen-bond donors (Lipinski definition) is 1. The van der Waals surface area contributed by atoms with Gasteiger partial charge in [-0.15, -0.1) is 0 Å². The number of rotatable bonds is 3. The quantitative estimate of drug-likeness (QED) is 0.565. The lowest BCUT2D eigenvalue weighted by Gasteiger charge is -1.79. The molecule has 12 heavy (non-hydrogen) atoms. The molecule has 0 spiro atoms. The topological polar surface area (TPSA) is 76.3 Å². The molecule has 0 aliphatic rings. The fourth-order valence-corrected chi connectivity index (χ4v) is 1.26. The maximum atomic E-state index is 10.2. The van der Waals surface area contributed by atoms with Gasteiger partial charge in [-0.2, -0.15) is 0 Å². The summed E-state index contributed by atoms with van der Waals surface area (Å²) in [6.45, 7) is -0.0899. The molecule has 1 N–H and O–H groups in total. The molecular weight excluding hydrogens is 180 g/mol. The molecule has 0 aliphatic carbocycles. The third-order valence-corrected chi connectivity index (χ3v) is 1.97. The molecule has 5 nitrogen and oxygen atoms in total. The van der Waals surface area contributed by atoms with Crippen LogP contribution in [0.25, 0.3) is 6.08 Å². The van der Waals surface area contributed by atoms with Crippen LogP contribution in [0.2, 0.25) is 0 Å². The third-order valence-electron chi connectivity index (χ3n) is 1.06. The van der Waals surface area contributed by atoms with E-state index in [-0.39, 0.29) is 11.6 Å². The largest absolute Gasteiger partial charge is 0.392 e. The Kier molecular flexibility index (Phi) is 2.89. The SMILES string of the molecule is O=[N+]([O-])c1cnc(C=CCO)s1. The number of hydrogen-bond acceptors (Lipinski definition) is 5. The maximum Gasteiger partial charge on any atom is 0.344 e. The van der Waals surface area contributed by atoms with Gasteiger partial charge in [0.2, 0.25) is 0 Å². The Bertz CT molecular complexity index is 307. The van der Waals surface area contributed by atoms with Crippen LogP contribution < -0.4 is 0 Å². The molecule has 0 aliphatic heterocycles. The van der Waals surface area contributed by atoms with E-state index in [1.54, 1.807) is 0 Å². The van der Waals surface area contributed by atoms with Crippen LogP contribution in [0.15, 0.2) is 12.3 Å². The van der Waals surface area contributed by atoms with E-state index in [4.69, 9.17) is 5.11 Å². The van der Waals surface area contributed by atoms with Crippen LogP contribution in [0.3, 0.4) is 0 Å². The summed E-state index contributed by atoms with van der Waals surface area (Å²) in [6, 6.07) is 0. The smallest absolute Gasteiger partial charge is 0.344 e. The molecule has 1 heterocycles. The van der Waals surface area contributed by atoms with E-state index >= 15 is 0 Å². The summed E-state index contributed by atoms with van der Waals surface area (Å²) in [5, 5.41) is 19.1. The number of aromatic nitrogens is 1. The molecule has 1 aromatic heterocycles. The Labute approximate surface area is 72.1 Å². The van der Waals surface area contributed by atoms with Crippen molar-refractivity contribution < 1.29 is 10.0 Å². The number of aliphatic hydroxyl groups excluding tert-OH is 1. The van der Waals surface area contributed by atoms with Crippen molar-refractivity contribution in [1.29, 1.82) is 0 Å². The van der Waals surface area contributed by atoms with Crippen LogP contribution in [0.1, 0.15) is 5.01 Å². The summed E-state index contributed by atoms with van der Waals surface area (Å²) < 4.78 is 0. The number of thiazole rings is 1. The molecule has 1 rings (SSSR count). The van der Waals surface area contributed by atoms with Crippen molar-refractivity contribution in [1.82, 2.24) is 4.98 Å². The van der Waals surface area contributed by atoms with Crippen LogP contribution >= 0.6 is 11.3 Å². The average molecular weight is 186 g/mol. The van der Waals surface area contributed by atoms with Crippen molar-refractivity contribution in [2.24, 2.45) is 0 Å². The lowest BCUT2D eigenvalue weighted by atomic mass is 10.5. The second-order valence-electron chi connectivity index (χ2n) is 1.88. The Morgan fingerprint density at radius 2 is 2.58 bits per heavy atom. The van der Waals surface area contributed by atoms with Gasteiger partial charge >= 0.3 is 5.00 Å². The fourth-order valence-electron chi connectivity index (χ4n) is 0.594. The monoisotopic (exact) mass is 186 g/mol. The summed E-state index contributed by atoms with van der Waals surface area (Å²) in [4.78, 5) is 13.5. The van der Waals surface area contributed by atoms with Crippen LogP contribution in [0.5, 0.6) is 0 Å². The molecule has 1 aromatic rings. The van der Waals surface area contributed by atoms with Gasteiger partial charge in [0.1, 0.15) is 11.2 Å². The summed E-state index contributed by atoms with van der Waals surface area (Å²) >= 11 is 0.973. The molecule has 0 amide bonds. The highest BCUT2D eigenvalue weighted by molar-refractivity contribution is 7.15.